The summed E-state index contributed by atoms with van der Waals surface area (Å²) in [4.78, 5) is 13.1. The van der Waals surface area contributed by atoms with Crippen LogP contribution in [-0.4, -0.2) is 16.9 Å². The van der Waals surface area contributed by atoms with Gasteiger partial charge in [0.15, 0.2) is 0 Å². The van der Waals surface area contributed by atoms with Crippen LogP contribution in [0.25, 0.3) is 0 Å². The number of nitrogens with two attached hydrogens (primary N) is 1. The summed E-state index contributed by atoms with van der Waals surface area (Å²) < 4.78 is 0. The lowest BCUT2D eigenvalue weighted by Crippen LogP contribution is -2.59. The van der Waals surface area contributed by atoms with Crippen molar-refractivity contribution < 1.29 is 4.79 Å². The van der Waals surface area contributed by atoms with E-state index >= 15 is 0 Å². The highest BCUT2D eigenvalue weighted by atomic mass is 32.1. The standard InChI is InChI=1S/C16H28N2OS/c1-10(2)12-6-4-5-7-13(12)18-15(19)16(14(17)20)8-11(3)9-16/h10-13H,4-9H2,1-3H3,(H2,17,20)(H,18,19). The molecule has 0 aromatic carbocycles. The fraction of sp³-hybridized carbons (Fsp3) is 0.875. The van der Waals surface area contributed by atoms with Crippen molar-refractivity contribution in [3.8, 4) is 0 Å². The number of thiocarbonyl (C=S) groups is 1. The van der Waals surface area contributed by atoms with Crippen LogP contribution in [0.2, 0.25) is 0 Å². The molecule has 0 spiro atoms. The van der Waals surface area contributed by atoms with Crippen LogP contribution in [0.4, 0.5) is 0 Å². The van der Waals surface area contributed by atoms with E-state index in [1.54, 1.807) is 0 Å². The van der Waals surface area contributed by atoms with Gasteiger partial charge in [-0.15, -0.1) is 0 Å². The minimum atomic E-state index is -0.562. The zero-order chi connectivity index (χ0) is 14.9. The van der Waals surface area contributed by atoms with E-state index in [1.165, 1.54) is 19.3 Å². The number of carbonyl (C=O) groups excluding carboxylic acids is 1. The zero-order valence-corrected chi connectivity index (χ0v) is 13.8. The summed E-state index contributed by atoms with van der Waals surface area (Å²) in [5.41, 5.74) is 5.30. The molecule has 0 heterocycles. The lowest BCUT2D eigenvalue weighted by Gasteiger charge is -2.46. The molecule has 1 amide bonds. The highest BCUT2D eigenvalue weighted by Gasteiger charge is 2.51. The second-order valence-electron chi connectivity index (χ2n) is 7.23. The molecule has 4 heteroatoms. The minimum absolute atomic E-state index is 0.0839. The number of nitrogens with one attached hydrogen (secondary N) is 1. The topological polar surface area (TPSA) is 55.1 Å². The van der Waals surface area contributed by atoms with E-state index in [4.69, 9.17) is 18.0 Å². The molecule has 2 aliphatic rings. The number of carbonyl (C=O) groups is 1. The second kappa shape index (κ2) is 6.00. The fourth-order valence-corrected chi connectivity index (χ4v) is 4.33. The largest absolute Gasteiger partial charge is 0.392 e. The Balaban J connectivity index is 2.04. The van der Waals surface area contributed by atoms with Crippen LogP contribution < -0.4 is 11.1 Å². The van der Waals surface area contributed by atoms with Crippen molar-refractivity contribution in [2.75, 3.05) is 0 Å². The number of rotatable bonds is 4. The van der Waals surface area contributed by atoms with Crippen LogP contribution in [0.5, 0.6) is 0 Å². The average Bonchev–Trinajstić information content (AvgIpc) is 2.34. The van der Waals surface area contributed by atoms with Gasteiger partial charge in [0.1, 0.15) is 0 Å². The Morgan fingerprint density at radius 1 is 1.30 bits per heavy atom. The van der Waals surface area contributed by atoms with Gasteiger partial charge in [-0.05, 0) is 43.4 Å². The van der Waals surface area contributed by atoms with E-state index in [0.717, 1.165) is 19.3 Å². The average molecular weight is 296 g/mol. The Hall–Kier alpha value is -0.640. The molecule has 114 valence electrons. The van der Waals surface area contributed by atoms with Gasteiger partial charge in [0.2, 0.25) is 5.91 Å². The van der Waals surface area contributed by atoms with Crippen LogP contribution in [0.15, 0.2) is 0 Å². The molecule has 20 heavy (non-hydrogen) atoms. The van der Waals surface area contributed by atoms with Gasteiger partial charge in [0.05, 0.1) is 10.4 Å². The lowest BCUT2D eigenvalue weighted by molar-refractivity contribution is -0.134. The van der Waals surface area contributed by atoms with Crippen molar-refractivity contribution >= 4 is 23.1 Å². The first kappa shape index (κ1) is 15.7. The molecule has 3 N–H and O–H groups in total. The van der Waals surface area contributed by atoms with Crippen LogP contribution in [0.1, 0.15) is 59.3 Å². The summed E-state index contributed by atoms with van der Waals surface area (Å²) in [6.45, 7) is 6.66. The van der Waals surface area contributed by atoms with Gasteiger partial charge in [-0.1, -0.05) is 45.8 Å². The molecular weight excluding hydrogens is 268 g/mol. The van der Waals surface area contributed by atoms with Gasteiger partial charge >= 0.3 is 0 Å². The SMILES string of the molecule is CC1CC(C(=O)NC2CCCCC2C(C)C)(C(N)=S)C1. The van der Waals surface area contributed by atoms with Crippen LogP contribution >= 0.6 is 12.2 Å². The van der Waals surface area contributed by atoms with Gasteiger partial charge in [-0.2, -0.15) is 0 Å². The molecule has 2 saturated carbocycles. The molecule has 0 aromatic heterocycles. The Labute approximate surface area is 128 Å². The summed E-state index contributed by atoms with van der Waals surface area (Å²) in [6.07, 6.45) is 6.44. The number of hydrogen-bond donors (Lipinski definition) is 2. The van der Waals surface area contributed by atoms with Crippen molar-refractivity contribution in [1.29, 1.82) is 0 Å². The minimum Gasteiger partial charge on any atom is -0.392 e. The van der Waals surface area contributed by atoms with Crippen molar-refractivity contribution in [3.63, 3.8) is 0 Å². The molecule has 0 aromatic rings. The van der Waals surface area contributed by atoms with Crippen molar-refractivity contribution in [1.82, 2.24) is 5.32 Å². The normalized spacial score (nSPS) is 37.3. The van der Waals surface area contributed by atoms with E-state index < -0.39 is 5.41 Å². The first-order chi connectivity index (χ1) is 9.36. The van der Waals surface area contributed by atoms with E-state index in [-0.39, 0.29) is 5.91 Å². The first-order valence-electron chi connectivity index (χ1n) is 7.97. The molecule has 3 nitrogen and oxygen atoms in total. The van der Waals surface area contributed by atoms with Crippen molar-refractivity contribution in [2.45, 2.75) is 65.3 Å². The molecule has 2 rings (SSSR count). The molecule has 2 fully saturated rings. The first-order valence-corrected chi connectivity index (χ1v) is 8.38. The number of amides is 1. The monoisotopic (exact) mass is 296 g/mol. The lowest BCUT2D eigenvalue weighted by atomic mass is 9.61. The third-order valence-electron chi connectivity index (χ3n) is 5.29. The van der Waals surface area contributed by atoms with E-state index in [0.29, 0.717) is 28.8 Å². The number of hydrogen-bond acceptors (Lipinski definition) is 2. The van der Waals surface area contributed by atoms with Crippen LogP contribution in [0, 0.1) is 23.2 Å². The van der Waals surface area contributed by atoms with Gasteiger partial charge in [0, 0.05) is 6.04 Å². The predicted octanol–water partition coefficient (Wildman–Crippen LogP) is 3.02. The van der Waals surface area contributed by atoms with Gasteiger partial charge in [0.25, 0.3) is 0 Å². The van der Waals surface area contributed by atoms with E-state index in [2.05, 4.69) is 26.1 Å². The molecule has 2 unspecified atom stereocenters. The van der Waals surface area contributed by atoms with Crippen LogP contribution in [0.3, 0.4) is 0 Å². The molecule has 0 aliphatic heterocycles. The molecule has 0 bridgehead atoms. The summed E-state index contributed by atoms with van der Waals surface area (Å²) >= 11 is 5.18. The highest BCUT2D eigenvalue weighted by Crippen LogP contribution is 2.46. The quantitative estimate of drug-likeness (QED) is 0.784. The zero-order valence-electron chi connectivity index (χ0n) is 12.9. The third-order valence-corrected chi connectivity index (χ3v) is 5.68. The Morgan fingerprint density at radius 2 is 1.90 bits per heavy atom. The van der Waals surface area contributed by atoms with Crippen molar-refractivity contribution in [3.05, 3.63) is 0 Å². The van der Waals surface area contributed by atoms with Gasteiger partial charge in [-0.25, -0.2) is 0 Å². The maximum absolute atomic E-state index is 12.7. The molecule has 0 saturated heterocycles. The highest BCUT2D eigenvalue weighted by molar-refractivity contribution is 7.80. The van der Waals surface area contributed by atoms with Gasteiger partial charge < -0.3 is 11.1 Å². The van der Waals surface area contributed by atoms with E-state index in [9.17, 15) is 4.79 Å². The summed E-state index contributed by atoms with van der Waals surface area (Å²) in [5, 5.41) is 3.29. The summed E-state index contributed by atoms with van der Waals surface area (Å²) in [7, 11) is 0. The maximum Gasteiger partial charge on any atom is 0.233 e. The Kier molecular flexibility index (Phi) is 4.73. The van der Waals surface area contributed by atoms with Gasteiger partial charge in [-0.3, -0.25) is 4.79 Å². The summed E-state index contributed by atoms with van der Waals surface area (Å²) in [6, 6.07) is 0.304. The smallest absolute Gasteiger partial charge is 0.233 e. The molecular formula is C16H28N2OS. The third kappa shape index (κ3) is 2.85. The maximum atomic E-state index is 12.7. The fourth-order valence-electron chi connectivity index (χ4n) is 4.07. The van der Waals surface area contributed by atoms with Crippen molar-refractivity contribution in [2.24, 2.45) is 28.9 Å². The van der Waals surface area contributed by atoms with E-state index in [1.807, 2.05) is 0 Å². The molecule has 0 radical (unpaired) electrons. The molecule has 2 atom stereocenters. The molecule has 2 aliphatic carbocycles. The summed E-state index contributed by atoms with van der Waals surface area (Å²) in [5.74, 6) is 1.84. The Morgan fingerprint density at radius 3 is 2.40 bits per heavy atom. The Bertz CT molecular complexity index is 388. The second-order valence-corrected chi connectivity index (χ2v) is 7.67. The van der Waals surface area contributed by atoms with Crippen LogP contribution in [-0.2, 0) is 4.79 Å². The predicted molar refractivity (Wildman–Crippen MR) is 86.3 cm³/mol.